The summed E-state index contributed by atoms with van der Waals surface area (Å²) in [6.45, 7) is 0. The molecule has 0 saturated carbocycles. The number of hydrogen-bond acceptors (Lipinski definition) is 2. The highest BCUT2D eigenvalue weighted by atomic mass is 32.1. The quantitative estimate of drug-likeness (QED) is 0.130. The minimum absolute atomic E-state index is 0.910. The second-order valence-electron chi connectivity index (χ2n) is 14.9. The van der Waals surface area contributed by atoms with Gasteiger partial charge >= 0.3 is 0 Å². The lowest BCUT2D eigenvalue weighted by Gasteiger charge is -2.05. The van der Waals surface area contributed by atoms with Crippen molar-refractivity contribution in [3.63, 3.8) is 0 Å². The molecule has 0 aliphatic heterocycles. The summed E-state index contributed by atoms with van der Waals surface area (Å²) in [4.78, 5) is 0. The van der Waals surface area contributed by atoms with Gasteiger partial charge in [0, 0.05) is 41.7 Å². The average Bonchev–Trinajstić information content (AvgIpc) is 3.82. The summed E-state index contributed by atoms with van der Waals surface area (Å²) in [6, 6.07) is 62.0. The minimum atomic E-state index is 0.910. The van der Waals surface area contributed by atoms with Gasteiger partial charge in [0.05, 0.1) is 0 Å². The summed E-state index contributed by atoms with van der Waals surface area (Å²) in [5, 5.41) is 17.5. The molecule has 0 bridgehead atoms. The fourth-order valence-corrected chi connectivity index (χ4v) is 10.0. The number of benzene rings is 10. The Kier molecular flexibility index (Phi) is 6.87. The van der Waals surface area contributed by atoms with Crippen LogP contribution in [0.2, 0.25) is 0 Å². The lowest BCUT2D eigenvalue weighted by Crippen LogP contribution is -1.79. The van der Waals surface area contributed by atoms with Gasteiger partial charge in [-0.1, -0.05) is 152 Å². The molecule has 12 rings (SSSR count). The predicted molar refractivity (Wildman–Crippen MR) is 245 cm³/mol. The zero-order valence-electron chi connectivity index (χ0n) is 30.3. The summed E-state index contributed by atoms with van der Waals surface area (Å²) in [5.74, 6) is 0. The van der Waals surface area contributed by atoms with Gasteiger partial charge in [-0.2, -0.15) is 0 Å². The molecule has 0 radical (unpaired) electrons. The fourth-order valence-electron chi connectivity index (χ4n) is 8.77. The molecular formula is C54H32OS. The van der Waals surface area contributed by atoms with Crippen LogP contribution in [0.4, 0.5) is 0 Å². The normalized spacial score (nSPS) is 12.5. The van der Waals surface area contributed by atoms with Crippen molar-refractivity contribution in [1.82, 2.24) is 0 Å². The van der Waals surface area contributed by atoms with Crippen LogP contribution >= 0.6 is 11.3 Å². The third-order valence-corrected chi connectivity index (χ3v) is 12.8. The molecular weight excluding hydrogens is 697 g/mol. The number of thiophene rings is 1. The zero-order chi connectivity index (χ0) is 36.7. The molecule has 0 N–H and O–H groups in total. The standard InChI is InChI=1S/C54H32OS/c1-3-7-41-37(5-1)17-19-39-29-33(13-21-43(39)41)9-11-35-15-23-45-47-25-28-50-48(53(47)55-51(45)31-35)26-27-49-46-24-16-36(32-52(46)56-54(49)50)12-10-34-14-22-44-40(30-34)20-18-38-6-2-4-8-42(38)44/h1-32H/b11-9+,12-10+. The van der Waals surface area contributed by atoms with Crippen LogP contribution in [0.5, 0.6) is 0 Å². The summed E-state index contributed by atoms with van der Waals surface area (Å²) >= 11 is 1.87. The van der Waals surface area contributed by atoms with Crippen molar-refractivity contribution in [3.8, 4) is 0 Å². The van der Waals surface area contributed by atoms with E-state index in [1.165, 1.54) is 85.3 Å². The maximum atomic E-state index is 6.68. The van der Waals surface area contributed by atoms with Crippen LogP contribution in [0.25, 0.3) is 120 Å². The smallest absolute Gasteiger partial charge is 0.143 e. The molecule has 260 valence electrons. The molecule has 0 fully saturated rings. The van der Waals surface area contributed by atoms with Gasteiger partial charge in [-0.25, -0.2) is 0 Å². The number of hydrogen-bond donors (Lipinski definition) is 0. The van der Waals surface area contributed by atoms with Gasteiger partial charge in [-0.05, 0) is 108 Å². The summed E-state index contributed by atoms with van der Waals surface area (Å²) < 4.78 is 9.28. The molecule has 0 saturated heterocycles. The second-order valence-corrected chi connectivity index (χ2v) is 15.9. The Labute approximate surface area is 326 Å². The van der Waals surface area contributed by atoms with Gasteiger partial charge in [0.25, 0.3) is 0 Å². The van der Waals surface area contributed by atoms with E-state index in [1.54, 1.807) is 0 Å². The summed E-state index contributed by atoms with van der Waals surface area (Å²) in [5.41, 5.74) is 6.56. The van der Waals surface area contributed by atoms with E-state index in [0.717, 1.165) is 32.9 Å². The Hall–Kier alpha value is -7.00. The van der Waals surface area contributed by atoms with E-state index in [-0.39, 0.29) is 0 Å². The largest absolute Gasteiger partial charge is 0.455 e. The van der Waals surface area contributed by atoms with Crippen molar-refractivity contribution >= 4 is 132 Å². The molecule has 2 heteroatoms. The number of rotatable bonds is 4. The lowest BCUT2D eigenvalue weighted by molar-refractivity contribution is 0.672. The Morgan fingerprint density at radius 2 is 0.750 bits per heavy atom. The first-order valence-corrected chi connectivity index (χ1v) is 20.0. The molecule has 12 aromatic rings. The topological polar surface area (TPSA) is 13.1 Å². The molecule has 1 nitrogen and oxygen atoms in total. The van der Waals surface area contributed by atoms with Gasteiger partial charge in [-0.3, -0.25) is 0 Å². The zero-order valence-corrected chi connectivity index (χ0v) is 31.1. The fraction of sp³-hybridized carbons (Fsp3) is 0. The lowest BCUT2D eigenvalue weighted by atomic mass is 9.99. The maximum Gasteiger partial charge on any atom is 0.143 e. The van der Waals surface area contributed by atoms with Gasteiger partial charge in [0.2, 0.25) is 0 Å². The molecule has 10 aromatic carbocycles. The molecule has 0 aliphatic carbocycles. The summed E-state index contributed by atoms with van der Waals surface area (Å²) in [7, 11) is 0. The van der Waals surface area contributed by atoms with Gasteiger partial charge in [-0.15, -0.1) is 11.3 Å². The van der Waals surface area contributed by atoms with Crippen molar-refractivity contribution in [2.75, 3.05) is 0 Å². The van der Waals surface area contributed by atoms with Crippen LogP contribution in [0.15, 0.2) is 174 Å². The van der Waals surface area contributed by atoms with E-state index in [9.17, 15) is 0 Å². The van der Waals surface area contributed by atoms with Gasteiger partial charge in [0.15, 0.2) is 0 Å². The Balaban J connectivity index is 0.866. The highest BCUT2D eigenvalue weighted by molar-refractivity contribution is 7.26. The van der Waals surface area contributed by atoms with E-state index in [2.05, 4.69) is 194 Å². The number of furan rings is 1. The van der Waals surface area contributed by atoms with Crippen LogP contribution in [0.3, 0.4) is 0 Å². The first-order chi connectivity index (χ1) is 27.7. The Morgan fingerprint density at radius 3 is 1.38 bits per heavy atom. The first-order valence-electron chi connectivity index (χ1n) is 19.1. The van der Waals surface area contributed by atoms with Crippen molar-refractivity contribution in [2.45, 2.75) is 0 Å². The maximum absolute atomic E-state index is 6.68. The highest BCUT2D eigenvalue weighted by Crippen LogP contribution is 2.43. The van der Waals surface area contributed by atoms with Crippen molar-refractivity contribution < 1.29 is 4.42 Å². The molecule has 0 spiro atoms. The molecule has 0 aliphatic rings. The van der Waals surface area contributed by atoms with Crippen LogP contribution in [-0.4, -0.2) is 0 Å². The molecule has 0 atom stereocenters. The molecule has 2 aromatic heterocycles. The third kappa shape index (κ3) is 5.00. The van der Waals surface area contributed by atoms with E-state index >= 15 is 0 Å². The Morgan fingerprint density at radius 1 is 0.321 bits per heavy atom. The van der Waals surface area contributed by atoms with Crippen LogP contribution in [-0.2, 0) is 0 Å². The van der Waals surface area contributed by atoms with Crippen LogP contribution in [0, 0.1) is 0 Å². The SMILES string of the molecule is C(=C\c1ccc2c(c1)oc1c2ccc2c1ccc1c3ccc(/C=C/c4ccc5c(ccc6ccccc65)c4)cc3sc12)/c1ccc2c(ccc3ccccc32)c1. The number of fused-ring (bicyclic) bond motifs is 15. The van der Waals surface area contributed by atoms with Gasteiger partial charge in [0.1, 0.15) is 11.2 Å². The predicted octanol–water partition coefficient (Wildman–Crippen LogP) is 16.1. The molecule has 0 unspecified atom stereocenters. The van der Waals surface area contributed by atoms with E-state index in [4.69, 9.17) is 4.42 Å². The van der Waals surface area contributed by atoms with Crippen LogP contribution in [0.1, 0.15) is 22.3 Å². The monoisotopic (exact) mass is 728 g/mol. The first kappa shape index (κ1) is 31.4. The van der Waals surface area contributed by atoms with Crippen molar-refractivity contribution in [2.24, 2.45) is 0 Å². The molecule has 56 heavy (non-hydrogen) atoms. The second kappa shape index (κ2) is 12.3. The molecule has 0 amide bonds. The van der Waals surface area contributed by atoms with Crippen molar-refractivity contribution in [1.29, 1.82) is 0 Å². The Bertz CT molecular complexity index is 3410. The minimum Gasteiger partial charge on any atom is -0.455 e. The average molecular weight is 729 g/mol. The van der Waals surface area contributed by atoms with E-state index in [1.807, 2.05) is 11.3 Å². The van der Waals surface area contributed by atoms with Crippen LogP contribution < -0.4 is 0 Å². The highest BCUT2D eigenvalue weighted by Gasteiger charge is 2.15. The van der Waals surface area contributed by atoms with E-state index in [0.29, 0.717) is 0 Å². The van der Waals surface area contributed by atoms with E-state index < -0.39 is 0 Å². The summed E-state index contributed by atoms with van der Waals surface area (Å²) in [6.07, 6.45) is 8.83. The van der Waals surface area contributed by atoms with Crippen molar-refractivity contribution in [3.05, 3.63) is 192 Å². The van der Waals surface area contributed by atoms with Gasteiger partial charge < -0.3 is 4.42 Å². The third-order valence-electron chi connectivity index (χ3n) is 11.6. The molecule has 2 heterocycles.